The molecule has 0 amide bonds. The Kier molecular flexibility index (Phi) is 6.93. The molecule has 6 nitrogen and oxygen atoms in total. The largest absolute Gasteiger partial charge is 0.497 e. The number of nitrogens with zero attached hydrogens (tertiary/aromatic N) is 2. The van der Waals surface area contributed by atoms with Crippen molar-refractivity contribution in [1.29, 1.82) is 0 Å². The van der Waals surface area contributed by atoms with Crippen LogP contribution in [0.1, 0.15) is 24.3 Å². The van der Waals surface area contributed by atoms with E-state index in [1.54, 1.807) is 28.6 Å². The Hall–Kier alpha value is -2.71. The molecule has 2 aliphatic rings. The van der Waals surface area contributed by atoms with Gasteiger partial charge in [0.2, 0.25) is 10.0 Å². The Morgan fingerprint density at radius 2 is 1.63 bits per heavy atom. The van der Waals surface area contributed by atoms with E-state index < -0.39 is 10.0 Å². The number of aliphatic hydroxyl groups excluding tert-OH is 1. The fourth-order valence-corrected chi connectivity index (χ4v) is 7.10. The SMILES string of the molecule is COc1cccc(S(=O)(=O)N2CCCCN3[C@H](CO)[C@H](c4ccc(-c5ccccc5)cc4)[C@@H]3C2)c1. The lowest BCUT2D eigenvalue weighted by atomic mass is 9.74. The van der Waals surface area contributed by atoms with E-state index in [0.29, 0.717) is 18.8 Å². The molecule has 3 aromatic rings. The van der Waals surface area contributed by atoms with Crippen molar-refractivity contribution in [1.82, 2.24) is 9.21 Å². The fraction of sp³-hybridized carbons (Fsp3) is 0.357. The molecule has 7 heteroatoms. The molecule has 0 aromatic heterocycles. The van der Waals surface area contributed by atoms with E-state index in [9.17, 15) is 13.5 Å². The number of aliphatic hydroxyl groups is 1. The lowest BCUT2D eigenvalue weighted by molar-refractivity contribution is -0.0553. The molecule has 2 saturated heterocycles. The van der Waals surface area contributed by atoms with Crippen LogP contribution in [0.5, 0.6) is 5.75 Å². The first-order valence-corrected chi connectivity index (χ1v) is 13.6. The lowest BCUT2D eigenvalue weighted by Gasteiger charge is -2.57. The molecule has 0 aliphatic carbocycles. The molecule has 2 aliphatic heterocycles. The number of hydrogen-bond donors (Lipinski definition) is 1. The molecular formula is C28H32N2O4S. The van der Waals surface area contributed by atoms with E-state index in [4.69, 9.17) is 4.74 Å². The van der Waals surface area contributed by atoms with E-state index in [2.05, 4.69) is 41.3 Å². The van der Waals surface area contributed by atoms with Crippen molar-refractivity contribution in [2.24, 2.45) is 0 Å². The number of sulfonamides is 1. The average Bonchev–Trinajstić information content (AvgIpc) is 2.88. The van der Waals surface area contributed by atoms with Crippen LogP contribution in [-0.2, 0) is 10.0 Å². The molecule has 0 spiro atoms. The van der Waals surface area contributed by atoms with Crippen molar-refractivity contribution in [3.8, 4) is 16.9 Å². The second-order valence-electron chi connectivity index (χ2n) is 9.32. The van der Waals surface area contributed by atoms with Crippen LogP contribution >= 0.6 is 0 Å². The maximum atomic E-state index is 13.6. The van der Waals surface area contributed by atoms with E-state index in [1.807, 2.05) is 18.2 Å². The Morgan fingerprint density at radius 1 is 0.914 bits per heavy atom. The van der Waals surface area contributed by atoms with Crippen molar-refractivity contribution < 1.29 is 18.3 Å². The molecule has 184 valence electrons. The minimum absolute atomic E-state index is 0.00190. The van der Waals surface area contributed by atoms with Gasteiger partial charge in [-0.2, -0.15) is 4.31 Å². The predicted octanol–water partition coefficient (Wildman–Crippen LogP) is 3.98. The molecule has 0 unspecified atom stereocenters. The number of benzene rings is 3. The van der Waals surface area contributed by atoms with E-state index in [0.717, 1.165) is 36.1 Å². The van der Waals surface area contributed by atoms with Crippen molar-refractivity contribution in [3.63, 3.8) is 0 Å². The monoisotopic (exact) mass is 492 g/mol. The van der Waals surface area contributed by atoms with Crippen molar-refractivity contribution in [2.45, 2.75) is 35.7 Å². The quantitative estimate of drug-likeness (QED) is 0.564. The zero-order chi connectivity index (χ0) is 24.4. The van der Waals surface area contributed by atoms with Crippen LogP contribution in [0.2, 0.25) is 0 Å². The highest BCUT2D eigenvalue weighted by Gasteiger charge is 2.50. The summed E-state index contributed by atoms with van der Waals surface area (Å²) in [6, 6.07) is 25.5. The lowest BCUT2D eigenvalue weighted by Crippen LogP contribution is -2.67. The number of fused-ring (bicyclic) bond motifs is 1. The van der Waals surface area contributed by atoms with Gasteiger partial charge in [0.1, 0.15) is 5.75 Å². The molecule has 35 heavy (non-hydrogen) atoms. The predicted molar refractivity (Wildman–Crippen MR) is 137 cm³/mol. The highest BCUT2D eigenvalue weighted by Crippen LogP contribution is 2.43. The standard InChI is InChI=1S/C28H32N2O4S/c1-34-24-10-7-11-25(18-24)35(32,33)29-16-5-6-17-30-26(19-29)28(27(30)20-31)23-14-12-22(13-15-23)21-8-3-2-4-9-21/h2-4,7-15,18,26-28,31H,5-6,16-17,19-20H2,1H3/t26-,27+,28+/m0/s1. The fourth-order valence-electron chi connectivity index (χ4n) is 5.57. The summed E-state index contributed by atoms with van der Waals surface area (Å²) in [6.07, 6.45) is 1.69. The summed E-state index contributed by atoms with van der Waals surface area (Å²) in [5, 5.41) is 10.2. The van der Waals surface area contributed by atoms with Gasteiger partial charge in [0.25, 0.3) is 0 Å². The van der Waals surface area contributed by atoms with Crippen LogP contribution in [0.4, 0.5) is 0 Å². The van der Waals surface area contributed by atoms with Gasteiger partial charge in [-0.15, -0.1) is 0 Å². The Balaban J connectivity index is 1.42. The zero-order valence-electron chi connectivity index (χ0n) is 20.0. The summed E-state index contributed by atoms with van der Waals surface area (Å²) in [4.78, 5) is 2.55. The van der Waals surface area contributed by atoms with Gasteiger partial charge in [-0.1, -0.05) is 60.7 Å². The molecule has 5 rings (SSSR count). The summed E-state index contributed by atoms with van der Waals surface area (Å²) < 4.78 is 34.1. The topological polar surface area (TPSA) is 70.1 Å². The van der Waals surface area contributed by atoms with Crippen LogP contribution in [0.25, 0.3) is 11.1 Å². The van der Waals surface area contributed by atoms with Crippen LogP contribution in [-0.4, -0.2) is 68.2 Å². The van der Waals surface area contributed by atoms with E-state index >= 15 is 0 Å². The van der Waals surface area contributed by atoms with Gasteiger partial charge >= 0.3 is 0 Å². The first-order valence-electron chi connectivity index (χ1n) is 12.2. The molecule has 2 heterocycles. The normalized spacial score (nSPS) is 23.5. The molecule has 0 saturated carbocycles. The summed E-state index contributed by atoms with van der Waals surface area (Å²) >= 11 is 0. The summed E-state index contributed by atoms with van der Waals surface area (Å²) in [5.74, 6) is 0.603. The van der Waals surface area contributed by atoms with Crippen molar-refractivity contribution >= 4 is 10.0 Å². The maximum Gasteiger partial charge on any atom is 0.243 e. The number of methoxy groups -OCH3 is 1. The maximum absolute atomic E-state index is 13.6. The molecule has 3 aromatic carbocycles. The third-order valence-corrected chi connectivity index (χ3v) is 9.28. The third-order valence-electron chi connectivity index (χ3n) is 7.41. The van der Waals surface area contributed by atoms with Gasteiger partial charge in [0.05, 0.1) is 18.6 Å². The Labute approximate surface area is 207 Å². The Morgan fingerprint density at radius 3 is 2.34 bits per heavy atom. The van der Waals surface area contributed by atoms with E-state index in [-0.39, 0.29) is 29.5 Å². The number of ether oxygens (including phenoxy) is 1. The minimum Gasteiger partial charge on any atom is -0.497 e. The molecule has 1 N–H and O–H groups in total. The van der Waals surface area contributed by atoms with Crippen LogP contribution in [0, 0.1) is 0 Å². The van der Waals surface area contributed by atoms with Gasteiger partial charge in [0.15, 0.2) is 0 Å². The molecular weight excluding hydrogens is 460 g/mol. The molecule has 2 fully saturated rings. The van der Waals surface area contributed by atoms with Gasteiger partial charge in [-0.05, 0) is 48.2 Å². The van der Waals surface area contributed by atoms with Gasteiger partial charge in [-0.25, -0.2) is 8.42 Å². The van der Waals surface area contributed by atoms with E-state index in [1.165, 1.54) is 7.11 Å². The first-order chi connectivity index (χ1) is 17.0. The smallest absolute Gasteiger partial charge is 0.243 e. The second-order valence-corrected chi connectivity index (χ2v) is 11.3. The highest BCUT2D eigenvalue weighted by atomic mass is 32.2. The van der Waals surface area contributed by atoms with Gasteiger partial charge in [0, 0.05) is 37.2 Å². The first kappa shape index (κ1) is 24.0. The zero-order valence-corrected chi connectivity index (χ0v) is 20.8. The number of hydrogen-bond acceptors (Lipinski definition) is 5. The molecule has 3 atom stereocenters. The molecule has 0 radical (unpaired) electrons. The molecule has 0 bridgehead atoms. The summed E-state index contributed by atoms with van der Waals surface area (Å²) in [5.41, 5.74) is 3.45. The minimum atomic E-state index is -3.67. The number of rotatable bonds is 6. The average molecular weight is 493 g/mol. The summed E-state index contributed by atoms with van der Waals surface area (Å²) in [6.45, 7) is 1.83. The van der Waals surface area contributed by atoms with Crippen molar-refractivity contribution in [3.05, 3.63) is 84.4 Å². The van der Waals surface area contributed by atoms with Crippen LogP contribution in [0.3, 0.4) is 0 Å². The highest BCUT2D eigenvalue weighted by molar-refractivity contribution is 7.89. The van der Waals surface area contributed by atoms with Crippen molar-refractivity contribution in [2.75, 3.05) is 33.4 Å². The van der Waals surface area contributed by atoms with Crippen LogP contribution < -0.4 is 4.74 Å². The Bertz CT molecular complexity index is 1250. The second kappa shape index (κ2) is 10.1. The van der Waals surface area contributed by atoms with Gasteiger partial charge < -0.3 is 9.84 Å². The van der Waals surface area contributed by atoms with Gasteiger partial charge in [-0.3, -0.25) is 4.90 Å². The summed E-state index contributed by atoms with van der Waals surface area (Å²) in [7, 11) is -2.13. The third kappa shape index (κ3) is 4.61. The van der Waals surface area contributed by atoms with Crippen LogP contribution in [0.15, 0.2) is 83.8 Å².